The summed E-state index contributed by atoms with van der Waals surface area (Å²) in [6.45, 7) is 2.98. The maximum Gasteiger partial charge on any atom is 0.165 e. The molecule has 0 saturated carbocycles. The number of aromatic nitrogens is 2. The van der Waals surface area contributed by atoms with Gasteiger partial charge in [-0.15, -0.1) is 5.10 Å². The molecule has 0 atom stereocenters. The first-order valence-electron chi connectivity index (χ1n) is 5.23. The summed E-state index contributed by atoms with van der Waals surface area (Å²) in [4.78, 5) is 0. The van der Waals surface area contributed by atoms with E-state index >= 15 is 0 Å². The van der Waals surface area contributed by atoms with Crippen LogP contribution < -0.4 is 10.1 Å². The number of benzene rings is 1. The molecule has 0 amide bonds. The lowest BCUT2D eigenvalue weighted by atomic mass is 10.3. The summed E-state index contributed by atoms with van der Waals surface area (Å²) in [6.07, 6.45) is 0. The van der Waals surface area contributed by atoms with Gasteiger partial charge >= 0.3 is 0 Å². The number of hydrogen-bond acceptors (Lipinski definition) is 5. The molecule has 2 aromatic rings. The van der Waals surface area contributed by atoms with Crippen LogP contribution in [0, 0.1) is 5.82 Å². The smallest absolute Gasteiger partial charge is 0.165 e. The maximum absolute atomic E-state index is 13.3. The van der Waals surface area contributed by atoms with Crippen LogP contribution in [0.3, 0.4) is 0 Å². The quantitative estimate of drug-likeness (QED) is 0.890. The molecular formula is C11H12FN3OS. The molecule has 2 rings (SSSR count). The summed E-state index contributed by atoms with van der Waals surface area (Å²) < 4.78 is 22.5. The Kier molecular flexibility index (Phi) is 3.87. The third-order valence-electron chi connectivity index (χ3n) is 2.09. The monoisotopic (exact) mass is 253 g/mol. The third-order valence-corrected chi connectivity index (χ3v) is 2.82. The van der Waals surface area contributed by atoms with Crippen LogP contribution in [0.15, 0.2) is 24.3 Å². The van der Waals surface area contributed by atoms with Gasteiger partial charge in [0.2, 0.25) is 0 Å². The van der Waals surface area contributed by atoms with Crippen LogP contribution >= 0.6 is 11.5 Å². The summed E-state index contributed by atoms with van der Waals surface area (Å²) in [5, 5.41) is 7.93. The second kappa shape index (κ2) is 5.58. The number of hydrogen-bond donors (Lipinski definition) is 1. The summed E-state index contributed by atoms with van der Waals surface area (Å²) in [5.74, 6) is -0.149. The lowest BCUT2D eigenvalue weighted by molar-refractivity contribution is 0.286. The molecule has 0 bridgehead atoms. The Hall–Kier alpha value is -1.69. The zero-order valence-corrected chi connectivity index (χ0v) is 10.1. The van der Waals surface area contributed by atoms with Gasteiger partial charge in [-0.05, 0) is 19.1 Å². The average Bonchev–Trinajstić information content (AvgIpc) is 2.76. The van der Waals surface area contributed by atoms with Crippen molar-refractivity contribution >= 4 is 16.5 Å². The van der Waals surface area contributed by atoms with E-state index < -0.39 is 0 Å². The van der Waals surface area contributed by atoms with E-state index in [9.17, 15) is 4.39 Å². The van der Waals surface area contributed by atoms with E-state index in [4.69, 9.17) is 4.74 Å². The van der Waals surface area contributed by atoms with E-state index in [-0.39, 0.29) is 18.2 Å². The number of nitrogens with zero attached hydrogens (tertiary/aromatic N) is 2. The molecule has 0 radical (unpaired) electrons. The Morgan fingerprint density at radius 2 is 2.24 bits per heavy atom. The topological polar surface area (TPSA) is 47.0 Å². The molecule has 6 heteroatoms. The summed E-state index contributed by atoms with van der Waals surface area (Å²) in [6, 6.07) is 6.29. The second-order valence-corrected chi connectivity index (χ2v) is 4.05. The lowest BCUT2D eigenvalue weighted by Gasteiger charge is -2.06. The molecule has 1 heterocycles. The average molecular weight is 253 g/mol. The standard InChI is InChI=1S/C11H12FN3OS/c1-2-13-11-9(14-15-17-11)7-16-10-6-4-3-5-8(10)12/h3-6,13H,2,7H2,1H3. The third kappa shape index (κ3) is 2.91. The molecule has 0 aliphatic carbocycles. The van der Waals surface area contributed by atoms with E-state index in [1.54, 1.807) is 18.2 Å². The zero-order chi connectivity index (χ0) is 12.1. The van der Waals surface area contributed by atoms with Gasteiger partial charge in [0.15, 0.2) is 11.6 Å². The number of halogens is 1. The van der Waals surface area contributed by atoms with Crippen molar-refractivity contribution in [1.29, 1.82) is 0 Å². The summed E-state index contributed by atoms with van der Waals surface area (Å²) in [5.41, 5.74) is 0.695. The number of rotatable bonds is 5. The predicted octanol–water partition coefficient (Wildman–Crippen LogP) is 2.69. The van der Waals surface area contributed by atoms with E-state index in [0.717, 1.165) is 11.5 Å². The summed E-state index contributed by atoms with van der Waals surface area (Å²) >= 11 is 1.27. The molecule has 0 fully saturated rings. The normalized spacial score (nSPS) is 10.2. The maximum atomic E-state index is 13.3. The minimum Gasteiger partial charge on any atom is -0.484 e. The van der Waals surface area contributed by atoms with Crippen molar-refractivity contribution in [2.75, 3.05) is 11.9 Å². The van der Waals surface area contributed by atoms with Crippen LogP contribution in [0.4, 0.5) is 9.39 Å². The Bertz CT molecular complexity index is 489. The molecule has 17 heavy (non-hydrogen) atoms. The Morgan fingerprint density at radius 3 is 3.00 bits per heavy atom. The molecule has 4 nitrogen and oxygen atoms in total. The molecule has 0 aliphatic rings. The largest absolute Gasteiger partial charge is 0.484 e. The van der Waals surface area contributed by atoms with E-state index in [1.165, 1.54) is 17.6 Å². The van der Waals surface area contributed by atoms with Gasteiger partial charge in [0.1, 0.15) is 17.3 Å². The fourth-order valence-corrected chi connectivity index (χ4v) is 1.94. The van der Waals surface area contributed by atoms with Crippen LogP contribution in [0.2, 0.25) is 0 Å². The fourth-order valence-electron chi connectivity index (χ4n) is 1.31. The fraction of sp³-hybridized carbons (Fsp3) is 0.273. The van der Waals surface area contributed by atoms with E-state index in [0.29, 0.717) is 5.69 Å². The minimum atomic E-state index is -0.374. The van der Waals surface area contributed by atoms with Crippen LogP contribution in [0.25, 0.3) is 0 Å². The van der Waals surface area contributed by atoms with Crippen LogP contribution in [-0.2, 0) is 6.61 Å². The Morgan fingerprint density at radius 1 is 1.41 bits per heavy atom. The van der Waals surface area contributed by atoms with Crippen molar-refractivity contribution in [3.63, 3.8) is 0 Å². The highest BCUT2D eigenvalue weighted by Crippen LogP contribution is 2.21. The van der Waals surface area contributed by atoms with Crippen molar-refractivity contribution in [1.82, 2.24) is 9.59 Å². The first-order valence-corrected chi connectivity index (χ1v) is 6.01. The van der Waals surface area contributed by atoms with E-state index in [1.807, 2.05) is 6.92 Å². The molecule has 90 valence electrons. The Labute approximate surface area is 103 Å². The molecular weight excluding hydrogens is 241 g/mol. The van der Waals surface area contributed by atoms with Gasteiger partial charge in [-0.1, -0.05) is 16.6 Å². The first-order chi connectivity index (χ1) is 8.31. The van der Waals surface area contributed by atoms with Crippen LogP contribution in [0.5, 0.6) is 5.75 Å². The number of ether oxygens (including phenoxy) is 1. The number of para-hydroxylation sites is 1. The van der Waals surface area contributed by atoms with Crippen molar-refractivity contribution in [2.45, 2.75) is 13.5 Å². The molecule has 0 saturated heterocycles. The Balaban J connectivity index is 2.02. The first kappa shape index (κ1) is 11.8. The van der Waals surface area contributed by atoms with Gasteiger partial charge in [0, 0.05) is 18.1 Å². The van der Waals surface area contributed by atoms with Gasteiger partial charge in [0.25, 0.3) is 0 Å². The lowest BCUT2D eigenvalue weighted by Crippen LogP contribution is -2.02. The van der Waals surface area contributed by atoms with Crippen molar-refractivity contribution in [2.24, 2.45) is 0 Å². The predicted molar refractivity (Wildman–Crippen MR) is 64.8 cm³/mol. The summed E-state index contributed by atoms with van der Waals surface area (Å²) in [7, 11) is 0. The van der Waals surface area contributed by atoms with Crippen molar-refractivity contribution in [3.05, 3.63) is 35.8 Å². The van der Waals surface area contributed by atoms with Crippen molar-refractivity contribution in [3.8, 4) is 5.75 Å². The van der Waals surface area contributed by atoms with Gasteiger partial charge in [-0.25, -0.2) is 4.39 Å². The van der Waals surface area contributed by atoms with Gasteiger partial charge in [-0.3, -0.25) is 0 Å². The van der Waals surface area contributed by atoms with E-state index in [2.05, 4.69) is 14.9 Å². The number of nitrogens with one attached hydrogen (secondary N) is 1. The second-order valence-electron chi connectivity index (χ2n) is 3.30. The van der Waals surface area contributed by atoms with Crippen LogP contribution in [0.1, 0.15) is 12.6 Å². The van der Waals surface area contributed by atoms with Gasteiger partial charge in [0.05, 0.1) is 0 Å². The van der Waals surface area contributed by atoms with Crippen molar-refractivity contribution < 1.29 is 9.13 Å². The number of anilines is 1. The molecule has 0 aliphatic heterocycles. The minimum absolute atomic E-state index is 0.208. The van der Waals surface area contributed by atoms with Gasteiger partial charge in [-0.2, -0.15) is 0 Å². The molecule has 0 unspecified atom stereocenters. The SMILES string of the molecule is CCNc1snnc1COc1ccccc1F. The molecule has 1 aromatic heterocycles. The molecule has 1 aromatic carbocycles. The molecule has 0 spiro atoms. The highest BCUT2D eigenvalue weighted by molar-refractivity contribution is 7.10. The zero-order valence-electron chi connectivity index (χ0n) is 9.31. The highest BCUT2D eigenvalue weighted by atomic mass is 32.1. The van der Waals surface area contributed by atoms with Crippen LogP contribution in [-0.4, -0.2) is 16.1 Å². The highest BCUT2D eigenvalue weighted by Gasteiger charge is 2.09. The van der Waals surface area contributed by atoms with Gasteiger partial charge < -0.3 is 10.1 Å². The molecule has 1 N–H and O–H groups in total.